The minimum absolute atomic E-state index is 0.00701. The molecule has 1 heterocycles. The number of carbonyl (C=O) groups excluding carboxylic acids is 1. The molecule has 7 nitrogen and oxygen atoms in total. The molecule has 1 aromatic heterocycles. The van der Waals surface area contributed by atoms with Gasteiger partial charge in [0, 0.05) is 12.5 Å². The Labute approximate surface area is 163 Å². The molecule has 2 aromatic carbocycles. The second-order valence-corrected chi connectivity index (χ2v) is 7.10. The highest BCUT2D eigenvalue weighted by Gasteiger charge is 2.23. The number of aryl methyl sites for hydroxylation is 1. The van der Waals surface area contributed by atoms with Gasteiger partial charge in [-0.1, -0.05) is 48.5 Å². The third kappa shape index (κ3) is 4.13. The number of hydrogen-bond acceptors (Lipinski definition) is 5. The van der Waals surface area contributed by atoms with Gasteiger partial charge in [0.1, 0.15) is 5.82 Å². The van der Waals surface area contributed by atoms with Crippen LogP contribution in [0.15, 0.2) is 48.5 Å². The van der Waals surface area contributed by atoms with Gasteiger partial charge < -0.3 is 20.3 Å². The molecule has 0 fully saturated rings. The zero-order chi connectivity index (χ0) is 19.5. The lowest BCUT2D eigenvalue weighted by molar-refractivity contribution is 0.0923. The number of aromatic amines is 1. The lowest BCUT2D eigenvalue weighted by Gasteiger charge is -2.25. The van der Waals surface area contributed by atoms with E-state index in [1.807, 2.05) is 42.5 Å². The van der Waals surface area contributed by atoms with Crippen molar-refractivity contribution >= 4 is 18.5 Å². The number of nitrogens with one attached hydrogen (secondary N) is 2. The van der Waals surface area contributed by atoms with Gasteiger partial charge in [-0.2, -0.15) is 0 Å². The van der Waals surface area contributed by atoms with E-state index in [2.05, 4.69) is 20.5 Å². The van der Waals surface area contributed by atoms with Gasteiger partial charge in [-0.25, -0.2) is 0 Å². The van der Waals surface area contributed by atoms with Crippen LogP contribution < -0.4 is 10.8 Å². The van der Waals surface area contributed by atoms with Gasteiger partial charge >= 0.3 is 7.12 Å². The quantitative estimate of drug-likeness (QED) is 0.481. The molecule has 142 valence electrons. The van der Waals surface area contributed by atoms with E-state index < -0.39 is 7.12 Å². The van der Waals surface area contributed by atoms with Crippen LogP contribution in [-0.2, 0) is 19.3 Å². The summed E-state index contributed by atoms with van der Waals surface area (Å²) in [7, 11) is -1.46. The summed E-state index contributed by atoms with van der Waals surface area (Å²) in [5.74, 6) is 0.610. The zero-order valence-electron chi connectivity index (χ0n) is 15.3. The smallest absolute Gasteiger partial charge is 0.423 e. The second-order valence-electron chi connectivity index (χ2n) is 7.10. The van der Waals surface area contributed by atoms with Crippen molar-refractivity contribution in [3.63, 3.8) is 0 Å². The van der Waals surface area contributed by atoms with E-state index in [0.717, 1.165) is 29.5 Å². The van der Waals surface area contributed by atoms with E-state index in [1.54, 1.807) is 6.07 Å². The molecule has 0 unspecified atom stereocenters. The summed E-state index contributed by atoms with van der Waals surface area (Å²) in [6.45, 7) is 0. The van der Waals surface area contributed by atoms with Gasteiger partial charge in [-0.15, -0.1) is 10.2 Å². The maximum absolute atomic E-state index is 12.5. The van der Waals surface area contributed by atoms with Crippen molar-refractivity contribution < 1.29 is 14.8 Å². The van der Waals surface area contributed by atoms with Crippen LogP contribution in [0.2, 0.25) is 0 Å². The minimum atomic E-state index is -1.46. The molecule has 1 aliphatic carbocycles. The normalized spacial score (nSPS) is 15.7. The molecule has 3 aromatic rings. The fourth-order valence-corrected chi connectivity index (χ4v) is 3.58. The van der Waals surface area contributed by atoms with Crippen LogP contribution in [0.4, 0.5) is 0 Å². The Morgan fingerprint density at radius 3 is 2.75 bits per heavy atom. The molecule has 0 aliphatic heterocycles. The lowest BCUT2D eigenvalue weighted by atomic mass is 9.76. The Bertz CT molecular complexity index is 975. The van der Waals surface area contributed by atoms with Crippen LogP contribution >= 0.6 is 0 Å². The molecule has 0 saturated heterocycles. The van der Waals surface area contributed by atoms with Gasteiger partial charge in [0.05, 0.1) is 0 Å². The Morgan fingerprint density at radius 2 is 1.96 bits per heavy atom. The average Bonchev–Trinajstić information content (AvgIpc) is 3.17. The predicted octanol–water partition coefficient (Wildman–Crippen LogP) is 0.363. The van der Waals surface area contributed by atoms with Crippen molar-refractivity contribution in [3.05, 3.63) is 76.9 Å². The predicted molar refractivity (Wildman–Crippen MR) is 105 cm³/mol. The number of carbonyl (C=O) groups is 1. The highest BCUT2D eigenvalue weighted by molar-refractivity contribution is 6.58. The second kappa shape index (κ2) is 7.96. The molecule has 1 atom stereocenters. The summed E-state index contributed by atoms with van der Waals surface area (Å²) in [4.78, 5) is 15.5. The number of benzene rings is 2. The summed E-state index contributed by atoms with van der Waals surface area (Å²) >= 11 is 0. The largest absolute Gasteiger partial charge is 0.488 e. The van der Waals surface area contributed by atoms with Crippen LogP contribution in [0, 0.1) is 0 Å². The molecule has 4 rings (SSSR count). The van der Waals surface area contributed by atoms with Crippen molar-refractivity contribution in [2.24, 2.45) is 0 Å². The maximum atomic E-state index is 12.5. The first kappa shape index (κ1) is 18.4. The number of fused-ring (bicyclic) bond motifs is 1. The van der Waals surface area contributed by atoms with E-state index in [-0.39, 0.29) is 17.8 Å². The molecule has 0 radical (unpaired) electrons. The molecule has 0 bridgehead atoms. The molecule has 0 spiro atoms. The Kier molecular flexibility index (Phi) is 5.23. The molecule has 0 saturated carbocycles. The number of H-pyrrole nitrogens is 1. The van der Waals surface area contributed by atoms with Crippen molar-refractivity contribution in [1.82, 2.24) is 20.5 Å². The van der Waals surface area contributed by atoms with E-state index >= 15 is 0 Å². The van der Waals surface area contributed by atoms with E-state index in [4.69, 9.17) is 0 Å². The molecule has 1 aliphatic rings. The Balaban J connectivity index is 1.38. The molecule has 4 N–H and O–H groups in total. The van der Waals surface area contributed by atoms with Gasteiger partial charge in [0.2, 0.25) is 5.82 Å². The van der Waals surface area contributed by atoms with Crippen molar-refractivity contribution in [2.75, 3.05) is 0 Å². The van der Waals surface area contributed by atoms with E-state index in [9.17, 15) is 14.8 Å². The van der Waals surface area contributed by atoms with Gasteiger partial charge in [0.15, 0.2) is 0 Å². The molecule has 8 heteroatoms. The number of nitrogens with zero attached hydrogens (tertiary/aromatic N) is 2. The summed E-state index contributed by atoms with van der Waals surface area (Å²) < 4.78 is 0. The SMILES string of the molecule is O=C(N[C@H]1CCc2cc(B(O)O)ccc2C1)c1nnc(Cc2ccccc2)[nH]1. The summed E-state index contributed by atoms with van der Waals surface area (Å²) in [6.07, 6.45) is 2.86. The summed E-state index contributed by atoms with van der Waals surface area (Å²) in [5, 5.41) is 29.7. The first-order valence-corrected chi connectivity index (χ1v) is 9.32. The van der Waals surface area contributed by atoms with Crippen molar-refractivity contribution in [3.8, 4) is 0 Å². The highest BCUT2D eigenvalue weighted by atomic mass is 16.4. The van der Waals surface area contributed by atoms with Crippen molar-refractivity contribution in [2.45, 2.75) is 31.7 Å². The third-order valence-electron chi connectivity index (χ3n) is 5.06. The van der Waals surface area contributed by atoms with E-state index in [0.29, 0.717) is 24.1 Å². The molecule has 28 heavy (non-hydrogen) atoms. The highest BCUT2D eigenvalue weighted by Crippen LogP contribution is 2.21. The van der Waals surface area contributed by atoms with Gasteiger partial charge in [-0.05, 0) is 41.4 Å². The topological polar surface area (TPSA) is 111 Å². The zero-order valence-corrected chi connectivity index (χ0v) is 15.3. The maximum Gasteiger partial charge on any atom is 0.488 e. The van der Waals surface area contributed by atoms with Crippen LogP contribution in [0.5, 0.6) is 0 Å². The number of amides is 1. The first-order valence-electron chi connectivity index (χ1n) is 9.32. The number of aromatic nitrogens is 3. The summed E-state index contributed by atoms with van der Waals surface area (Å²) in [5.41, 5.74) is 3.81. The summed E-state index contributed by atoms with van der Waals surface area (Å²) in [6, 6.07) is 15.3. The third-order valence-corrected chi connectivity index (χ3v) is 5.06. The monoisotopic (exact) mass is 376 g/mol. The lowest BCUT2D eigenvalue weighted by Crippen LogP contribution is -2.40. The van der Waals surface area contributed by atoms with Crippen LogP contribution in [0.25, 0.3) is 0 Å². The fourth-order valence-electron chi connectivity index (χ4n) is 3.58. The fraction of sp³-hybridized carbons (Fsp3) is 0.250. The van der Waals surface area contributed by atoms with Crippen molar-refractivity contribution in [1.29, 1.82) is 0 Å². The Hall–Kier alpha value is -2.97. The van der Waals surface area contributed by atoms with Gasteiger partial charge in [0.25, 0.3) is 5.91 Å². The minimum Gasteiger partial charge on any atom is -0.423 e. The number of rotatable bonds is 5. The molecular weight excluding hydrogens is 355 g/mol. The van der Waals surface area contributed by atoms with E-state index in [1.165, 1.54) is 0 Å². The first-order chi connectivity index (χ1) is 13.6. The average molecular weight is 376 g/mol. The van der Waals surface area contributed by atoms with Gasteiger partial charge in [-0.3, -0.25) is 4.79 Å². The molecule has 1 amide bonds. The standard InChI is InChI=1S/C20H21BN4O3/c26-20(19-23-18(24-25-19)10-13-4-2-1-3-5-13)22-17-9-7-14-11-16(21(27)28)8-6-15(14)12-17/h1-6,8,11,17,27-28H,7,9-10,12H2,(H,22,26)(H,23,24,25)/t17-/m0/s1. The van der Waals surface area contributed by atoms with Crippen LogP contribution in [0.1, 0.15) is 39.6 Å². The van der Waals surface area contributed by atoms with Crippen LogP contribution in [-0.4, -0.2) is 44.3 Å². The van der Waals surface area contributed by atoms with Crippen LogP contribution in [0.3, 0.4) is 0 Å². The number of hydrogen-bond donors (Lipinski definition) is 4. The molecular formula is C20H21BN4O3. The Morgan fingerprint density at radius 1 is 1.14 bits per heavy atom.